The second-order valence-electron chi connectivity index (χ2n) is 13.6. The summed E-state index contributed by atoms with van der Waals surface area (Å²) in [6.07, 6.45) is 0.917. The molecule has 0 fully saturated rings. The molecule has 0 aliphatic carbocycles. The van der Waals surface area contributed by atoms with Crippen LogP contribution in [0.15, 0.2) is 168 Å². The highest BCUT2D eigenvalue weighted by atomic mass is 16.3. The fraction of sp³-hybridized carbons (Fsp3) is 0.0435. The average Bonchev–Trinajstić information content (AvgIpc) is 3.74. The first-order valence-corrected chi connectivity index (χ1v) is 17.8. The van der Waals surface area contributed by atoms with E-state index in [1.54, 1.807) is 0 Å². The number of anilines is 6. The van der Waals surface area contributed by atoms with Crippen LogP contribution in [-0.4, -0.2) is 11.3 Å². The summed E-state index contributed by atoms with van der Waals surface area (Å²) in [6, 6.07) is 59.5. The van der Waals surface area contributed by atoms with Crippen LogP contribution in [0.4, 0.5) is 34.3 Å². The van der Waals surface area contributed by atoms with E-state index in [0.29, 0.717) is 0 Å². The highest BCUT2D eigenvalue weighted by Gasteiger charge is 2.46. The fourth-order valence-electron chi connectivity index (χ4n) is 8.75. The number of para-hydroxylation sites is 5. The number of hydrogen-bond acceptors (Lipinski definition) is 3. The van der Waals surface area contributed by atoms with E-state index in [-0.39, 0.29) is 6.71 Å². The number of rotatable bonds is 4. The van der Waals surface area contributed by atoms with Crippen LogP contribution in [0.1, 0.15) is 12.5 Å². The second kappa shape index (κ2) is 10.8. The first-order valence-electron chi connectivity index (χ1n) is 17.8. The smallest absolute Gasteiger partial charge is 0.255 e. The van der Waals surface area contributed by atoms with E-state index in [4.69, 9.17) is 4.42 Å². The van der Waals surface area contributed by atoms with Crippen molar-refractivity contribution >= 4 is 90.2 Å². The molecule has 0 saturated heterocycles. The summed E-state index contributed by atoms with van der Waals surface area (Å²) in [6.45, 7) is 2.28. The number of nitrogens with zero attached hydrogens (tertiary/aromatic N) is 3. The molecule has 5 heteroatoms. The van der Waals surface area contributed by atoms with Crippen molar-refractivity contribution in [1.82, 2.24) is 4.57 Å². The molecule has 0 saturated carbocycles. The maximum Gasteiger partial charge on any atom is 0.255 e. The van der Waals surface area contributed by atoms with Gasteiger partial charge >= 0.3 is 0 Å². The van der Waals surface area contributed by atoms with Gasteiger partial charge in [-0.05, 0) is 100 Å². The Kier molecular flexibility index (Phi) is 6.00. The molecule has 9 aromatic rings. The first kappa shape index (κ1) is 28.4. The number of aromatic nitrogens is 1. The van der Waals surface area contributed by atoms with Crippen molar-refractivity contribution in [3.8, 4) is 5.69 Å². The Morgan fingerprint density at radius 3 is 1.94 bits per heavy atom. The van der Waals surface area contributed by atoms with Gasteiger partial charge in [-0.15, -0.1) is 0 Å². The molecule has 2 aliphatic heterocycles. The monoisotopic (exact) mass is 653 g/mol. The lowest BCUT2D eigenvalue weighted by Crippen LogP contribution is -2.61. The van der Waals surface area contributed by atoms with Gasteiger partial charge in [0.2, 0.25) is 0 Å². The van der Waals surface area contributed by atoms with Crippen LogP contribution in [-0.2, 0) is 6.42 Å². The lowest BCUT2D eigenvalue weighted by molar-refractivity contribution is 0.669. The summed E-state index contributed by atoms with van der Waals surface area (Å²) in [4.78, 5) is 4.99. The predicted molar refractivity (Wildman–Crippen MR) is 214 cm³/mol. The third-order valence-corrected chi connectivity index (χ3v) is 10.9. The summed E-state index contributed by atoms with van der Waals surface area (Å²) in [5, 5.41) is 3.55. The van der Waals surface area contributed by atoms with E-state index in [1.165, 1.54) is 55.7 Å². The van der Waals surface area contributed by atoms with Gasteiger partial charge in [-0.3, -0.25) is 9.47 Å². The molecule has 240 valence electrons. The molecule has 0 amide bonds. The third kappa shape index (κ3) is 3.97. The van der Waals surface area contributed by atoms with Gasteiger partial charge in [0.05, 0.1) is 5.52 Å². The zero-order valence-corrected chi connectivity index (χ0v) is 28.1. The zero-order valence-electron chi connectivity index (χ0n) is 28.1. The molecule has 0 spiro atoms. The van der Waals surface area contributed by atoms with Gasteiger partial charge in [-0.25, -0.2) is 0 Å². The van der Waals surface area contributed by atoms with Crippen molar-refractivity contribution in [3.63, 3.8) is 0 Å². The van der Waals surface area contributed by atoms with Crippen molar-refractivity contribution in [1.29, 1.82) is 0 Å². The SMILES string of the molecule is CCc1cc2c3c(c1)N(c1ccccc1)c1c(c4ccccc4n1-c1ccccc1)B3c1ccccc1N2c1ccc2c(c1)oc1ccccc12. The minimum absolute atomic E-state index is 0.0214. The first-order chi connectivity index (χ1) is 25.3. The number of aryl methyl sites for hydroxylation is 1. The topological polar surface area (TPSA) is 24.6 Å². The Bertz CT molecular complexity index is 2820. The second-order valence-corrected chi connectivity index (χ2v) is 13.6. The molecule has 7 aromatic carbocycles. The summed E-state index contributed by atoms with van der Waals surface area (Å²) in [5.74, 6) is 1.19. The largest absolute Gasteiger partial charge is 0.456 e. The summed E-state index contributed by atoms with van der Waals surface area (Å²) < 4.78 is 8.93. The molecule has 4 heterocycles. The van der Waals surface area contributed by atoms with Crippen LogP contribution in [0.25, 0.3) is 38.5 Å². The predicted octanol–water partition coefficient (Wildman–Crippen LogP) is 10.2. The Morgan fingerprint density at radius 1 is 0.490 bits per heavy atom. The van der Waals surface area contributed by atoms with E-state index in [1.807, 2.05) is 6.07 Å². The van der Waals surface area contributed by atoms with Crippen LogP contribution in [0.2, 0.25) is 0 Å². The van der Waals surface area contributed by atoms with Gasteiger partial charge in [-0.2, -0.15) is 0 Å². The van der Waals surface area contributed by atoms with Crippen molar-refractivity contribution in [2.45, 2.75) is 13.3 Å². The quantitative estimate of drug-likeness (QED) is 0.177. The molecule has 2 aromatic heterocycles. The Hall–Kier alpha value is -6.46. The van der Waals surface area contributed by atoms with E-state index in [2.05, 4.69) is 179 Å². The molecule has 11 rings (SSSR count). The maximum atomic E-state index is 6.46. The van der Waals surface area contributed by atoms with Crippen molar-refractivity contribution in [3.05, 3.63) is 169 Å². The van der Waals surface area contributed by atoms with Crippen LogP contribution in [0.3, 0.4) is 0 Å². The molecular formula is C46H32BN3O. The molecule has 0 unspecified atom stereocenters. The number of hydrogen-bond donors (Lipinski definition) is 0. The molecule has 0 radical (unpaired) electrons. The lowest BCUT2D eigenvalue weighted by atomic mass is 9.33. The molecule has 0 atom stereocenters. The van der Waals surface area contributed by atoms with Crippen molar-refractivity contribution in [2.75, 3.05) is 9.80 Å². The van der Waals surface area contributed by atoms with E-state index in [9.17, 15) is 0 Å². The highest BCUT2D eigenvalue weighted by Crippen LogP contribution is 2.47. The molecule has 0 N–H and O–H groups in total. The maximum absolute atomic E-state index is 6.46. The van der Waals surface area contributed by atoms with E-state index >= 15 is 0 Å². The third-order valence-electron chi connectivity index (χ3n) is 10.9. The highest BCUT2D eigenvalue weighted by molar-refractivity contribution is 7.01. The summed E-state index contributed by atoms with van der Waals surface area (Å²) >= 11 is 0. The van der Waals surface area contributed by atoms with Gasteiger partial charge in [0.15, 0.2) is 0 Å². The number of fused-ring (bicyclic) bond motifs is 9. The van der Waals surface area contributed by atoms with Crippen LogP contribution >= 0.6 is 0 Å². The number of furan rings is 1. The Labute approximate surface area is 296 Å². The van der Waals surface area contributed by atoms with Gasteiger partial charge in [0.1, 0.15) is 17.0 Å². The average molecular weight is 654 g/mol. The number of benzene rings is 7. The van der Waals surface area contributed by atoms with Crippen molar-refractivity contribution in [2.24, 2.45) is 0 Å². The molecule has 2 aliphatic rings. The Morgan fingerprint density at radius 2 is 1.14 bits per heavy atom. The molecule has 0 bridgehead atoms. The van der Waals surface area contributed by atoms with Crippen LogP contribution in [0.5, 0.6) is 0 Å². The lowest BCUT2D eigenvalue weighted by Gasteiger charge is -2.44. The standard InChI is InChI=1S/C46H32BN3O/c1-2-30-27-40-45-41(28-30)50(32-17-7-4-8-18-32)46-44(36-20-9-12-22-38(36)49(46)31-15-5-3-6-16-31)47(45)37-21-11-13-23-39(37)48(40)33-25-26-35-34-19-10-14-24-42(34)51-43(35)29-33/h3-29H,2H2,1H3. The van der Waals surface area contributed by atoms with E-state index < -0.39 is 0 Å². The minimum atomic E-state index is 0.0214. The summed E-state index contributed by atoms with van der Waals surface area (Å²) in [5.41, 5.74) is 15.3. The van der Waals surface area contributed by atoms with Crippen molar-refractivity contribution < 1.29 is 4.42 Å². The minimum Gasteiger partial charge on any atom is -0.456 e. The normalized spacial score (nSPS) is 13.2. The molecule has 4 nitrogen and oxygen atoms in total. The molecular weight excluding hydrogens is 621 g/mol. The van der Waals surface area contributed by atoms with Gasteiger partial charge < -0.3 is 9.32 Å². The van der Waals surface area contributed by atoms with Crippen LogP contribution < -0.4 is 26.2 Å². The zero-order chi connectivity index (χ0) is 33.6. The van der Waals surface area contributed by atoms with E-state index in [0.717, 1.165) is 45.4 Å². The van der Waals surface area contributed by atoms with Gasteiger partial charge in [0, 0.05) is 51.0 Å². The van der Waals surface area contributed by atoms with Gasteiger partial charge in [0.25, 0.3) is 6.71 Å². The van der Waals surface area contributed by atoms with Crippen LogP contribution in [0, 0.1) is 0 Å². The Balaban J connectivity index is 1.27. The fourth-order valence-corrected chi connectivity index (χ4v) is 8.75. The van der Waals surface area contributed by atoms with Gasteiger partial charge in [-0.1, -0.05) is 97.9 Å². The molecule has 51 heavy (non-hydrogen) atoms. The summed E-state index contributed by atoms with van der Waals surface area (Å²) in [7, 11) is 0.